The van der Waals surface area contributed by atoms with Crippen LogP contribution in [0.3, 0.4) is 0 Å². The molecule has 2 aromatic rings. The Morgan fingerprint density at radius 2 is 1.87 bits per heavy atom. The van der Waals surface area contributed by atoms with E-state index in [0.29, 0.717) is 6.42 Å². The SMILES string of the molecule is CC[C@@H](Oc1ccc2ccccc2c1)C(=O)N1CCC(C)CC1. The van der Waals surface area contributed by atoms with Gasteiger partial charge in [0.1, 0.15) is 5.75 Å². The van der Waals surface area contributed by atoms with Crippen LogP contribution in [0.2, 0.25) is 0 Å². The first kappa shape index (κ1) is 15.9. The Hall–Kier alpha value is -2.03. The molecule has 2 aromatic carbocycles. The maximum atomic E-state index is 12.7. The van der Waals surface area contributed by atoms with E-state index in [4.69, 9.17) is 4.74 Å². The van der Waals surface area contributed by atoms with Gasteiger partial charge in [-0.25, -0.2) is 0 Å². The van der Waals surface area contributed by atoms with E-state index < -0.39 is 0 Å². The number of benzene rings is 2. The number of fused-ring (bicyclic) bond motifs is 1. The summed E-state index contributed by atoms with van der Waals surface area (Å²) in [4.78, 5) is 14.7. The van der Waals surface area contributed by atoms with Crippen molar-refractivity contribution in [3.8, 4) is 5.75 Å². The van der Waals surface area contributed by atoms with Crippen LogP contribution in [0.15, 0.2) is 42.5 Å². The van der Waals surface area contributed by atoms with Crippen molar-refractivity contribution in [1.82, 2.24) is 4.90 Å². The highest BCUT2D eigenvalue weighted by molar-refractivity contribution is 5.84. The number of hydrogen-bond acceptors (Lipinski definition) is 2. The third-order valence-electron chi connectivity index (χ3n) is 4.74. The van der Waals surface area contributed by atoms with Crippen LogP contribution < -0.4 is 4.74 Å². The van der Waals surface area contributed by atoms with Crippen molar-refractivity contribution in [1.29, 1.82) is 0 Å². The minimum atomic E-state index is -0.385. The Bertz CT molecular complexity index is 674. The predicted octanol–water partition coefficient (Wildman–Crippen LogP) is 4.26. The molecule has 1 amide bonds. The third kappa shape index (κ3) is 3.66. The Kier molecular flexibility index (Phi) is 4.85. The quantitative estimate of drug-likeness (QED) is 0.844. The molecule has 122 valence electrons. The van der Waals surface area contributed by atoms with Gasteiger partial charge in [0.15, 0.2) is 6.10 Å². The average Bonchev–Trinajstić information content (AvgIpc) is 2.59. The Balaban J connectivity index is 1.71. The molecule has 0 radical (unpaired) electrons. The summed E-state index contributed by atoms with van der Waals surface area (Å²) in [5.41, 5.74) is 0. The number of piperidine rings is 1. The number of hydrogen-bond donors (Lipinski definition) is 0. The molecule has 3 rings (SSSR count). The van der Waals surface area contributed by atoms with Crippen LogP contribution in [0, 0.1) is 5.92 Å². The van der Waals surface area contributed by atoms with Gasteiger partial charge in [-0.15, -0.1) is 0 Å². The van der Waals surface area contributed by atoms with Crippen LogP contribution in [0.1, 0.15) is 33.1 Å². The molecule has 1 fully saturated rings. The molecule has 0 N–H and O–H groups in total. The molecule has 0 aromatic heterocycles. The maximum absolute atomic E-state index is 12.7. The van der Waals surface area contributed by atoms with Crippen molar-refractivity contribution in [2.75, 3.05) is 13.1 Å². The lowest BCUT2D eigenvalue weighted by Crippen LogP contribution is -2.45. The molecule has 0 saturated carbocycles. The van der Waals surface area contributed by atoms with Gasteiger partial charge in [0.05, 0.1) is 0 Å². The minimum Gasteiger partial charge on any atom is -0.481 e. The number of ether oxygens (including phenoxy) is 1. The van der Waals surface area contributed by atoms with Crippen LogP contribution in [0.4, 0.5) is 0 Å². The number of amides is 1. The van der Waals surface area contributed by atoms with E-state index in [1.165, 1.54) is 5.39 Å². The third-order valence-corrected chi connectivity index (χ3v) is 4.74. The highest BCUT2D eigenvalue weighted by Gasteiger charge is 2.27. The molecule has 1 heterocycles. The van der Waals surface area contributed by atoms with Crippen LogP contribution in [-0.2, 0) is 4.79 Å². The molecule has 1 atom stereocenters. The maximum Gasteiger partial charge on any atom is 0.263 e. The van der Waals surface area contributed by atoms with E-state index in [9.17, 15) is 4.79 Å². The smallest absolute Gasteiger partial charge is 0.263 e. The van der Waals surface area contributed by atoms with E-state index >= 15 is 0 Å². The van der Waals surface area contributed by atoms with Gasteiger partial charge in [-0.05, 0) is 48.1 Å². The highest BCUT2D eigenvalue weighted by atomic mass is 16.5. The summed E-state index contributed by atoms with van der Waals surface area (Å²) in [5.74, 6) is 1.63. The zero-order valence-electron chi connectivity index (χ0n) is 14.0. The molecule has 1 saturated heterocycles. The van der Waals surface area contributed by atoms with Crippen molar-refractivity contribution >= 4 is 16.7 Å². The molecule has 1 aliphatic heterocycles. The van der Waals surface area contributed by atoms with Gasteiger partial charge in [0.2, 0.25) is 0 Å². The highest BCUT2D eigenvalue weighted by Crippen LogP contribution is 2.23. The van der Waals surface area contributed by atoms with Gasteiger partial charge >= 0.3 is 0 Å². The molecule has 0 spiro atoms. The summed E-state index contributed by atoms with van der Waals surface area (Å²) in [5, 5.41) is 2.32. The van der Waals surface area contributed by atoms with E-state index in [2.05, 4.69) is 19.1 Å². The topological polar surface area (TPSA) is 29.5 Å². The van der Waals surface area contributed by atoms with Gasteiger partial charge in [-0.2, -0.15) is 0 Å². The van der Waals surface area contributed by atoms with E-state index in [-0.39, 0.29) is 12.0 Å². The summed E-state index contributed by atoms with van der Waals surface area (Å²) in [6, 6.07) is 14.2. The molecule has 0 aliphatic carbocycles. The van der Waals surface area contributed by atoms with Crippen LogP contribution in [-0.4, -0.2) is 30.0 Å². The monoisotopic (exact) mass is 311 g/mol. The van der Waals surface area contributed by atoms with Crippen molar-refractivity contribution < 1.29 is 9.53 Å². The van der Waals surface area contributed by atoms with E-state index in [1.807, 2.05) is 42.2 Å². The van der Waals surface area contributed by atoms with Gasteiger partial charge in [-0.1, -0.05) is 44.2 Å². The average molecular weight is 311 g/mol. The standard InChI is InChI=1S/C20H25NO2/c1-3-19(20(22)21-12-10-15(2)11-13-21)23-18-9-8-16-6-4-5-7-17(16)14-18/h4-9,14-15,19H,3,10-13H2,1-2H3/t19-/m1/s1. The van der Waals surface area contributed by atoms with Crippen molar-refractivity contribution in [2.45, 2.75) is 39.2 Å². The second kappa shape index (κ2) is 7.03. The van der Waals surface area contributed by atoms with Gasteiger partial charge < -0.3 is 9.64 Å². The van der Waals surface area contributed by atoms with Crippen molar-refractivity contribution in [3.63, 3.8) is 0 Å². The second-order valence-corrected chi connectivity index (χ2v) is 6.53. The summed E-state index contributed by atoms with van der Waals surface area (Å²) < 4.78 is 6.02. The first-order valence-electron chi connectivity index (χ1n) is 8.61. The number of rotatable bonds is 4. The largest absolute Gasteiger partial charge is 0.481 e. The molecule has 1 aliphatic rings. The predicted molar refractivity (Wildman–Crippen MR) is 93.6 cm³/mol. The lowest BCUT2D eigenvalue weighted by atomic mass is 9.99. The van der Waals surface area contributed by atoms with Crippen LogP contribution in [0.25, 0.3) is 10.8 Å². The molecule has 23 heavy (non-hydrogen) atoms. The first-order chi connectivity index (χ1) is 11.2. The number of carbonyl (C=O) groups is 1. The zero-order valence-corrected chi connectivity index (χ0v) is 14.0. The van der Waals surface area contributed by atoms with E-state index in [0.717, 1.165) is 43.0 Å². The van der Waals surface area contributed by atoms with E-state index in [1.54, 1.807) is 0 Å². The number of carbonyl (C=O) groups excluding carboxylic acids is 1. The lowest BCUT2D eigenvalue weighted by molar-refractivity contribution is -0.140. The van der Waals surface area contributed by atoms with Crippen LogP contribution in [0.5, 0.6) is 5.75 Å². The Labute approximate surface area is 138 Å². The fraction of sp³-hybridized carbons (Fsp3) is 0.450. The van der Waals surface area contributed by atoms with Gasteiger partial charge in [0.25, 0.3) is 5.91 Å². The summed E-state index contributed by atoms with van der Waals surface area (Å²) in [6.45, 7) is 5.98. The van der Waals surface area contributed by atoms with Crippen LogP contribution >= 0.6 is 0 Å². The number of nitrogens with zero attached hydrogens (tertiary/aromatic N) is 1. The molecule has 3 heteroatoms. The Morgan fingerprint density at radius 1 is 1.17 bits per heavy atom. The zero-order chi connectivity index (χ0) is 16.2. The first-order valence-corrected chi connectivity index (χ1v) is 8.61. The summed E-state index contributed by atoms with van der Waals surface area (Å²) in [6.07, 6.45) is 2.50. The second-order valence-electron chi connectivity index (χ2n) is 6.53. The lowest BCUT2D eigenvalue weighted by Gasteiger charge is -2.32. The molecular weight excluding hydrogens is 286 g/mol. The molecule has 0 unspecified atom stereocenters. The van der Waals surface area contributed by atoms with Gasteiger partial charge in [0, 0.05) is 13.1 Å². The fourth-order valence-corrected chi connectivity index (χ4v) is 3.15. The minimum absolute atomic E-state index is 0.132. The summed E-state index contributed by atoms with van der Waals surface area (Å²) >= 11 is 0. The number of likely N-dealkylation sites (tertiary alicyclic amines) is 1. The normalized spacial score (nSPS) is 17.2. The summed E-state index contributed by atoms with van der Waals surface area (Å²) in [7, 11) is 0. The van der Waals surface area contributed by atoms with Gasteiger partial charge in [-0.3, -0.25) is 4.79 Å². The Morgan fingerprint density at radius 3 is 2.57 bits per heavy atom. The molecule has 0 bridgehead atoms. The fourth-order valence-electron chi connectivity index (χ4n) is 3.15. The van der Waals surface area contributed by atoms with Crippen molar-refractivity contribution in [3.05, 3.63) is 42.5 Å². The van der Waals surface area contributed by atoms with Crippen molar-refractivity contribution in [2.24, 2.45) is 5.92 Å². The molecular formula is C20H25NO2. The molecule has 3 nitrogen and oxygen atoms in total.